The first-order valence-corrected chi connectivity index (χ1v) is 16.6. The standard InChI is InChI=1S/C33H24Br2N4O10/c1-49-23-13-21(27(34)28(35)29(23)40)24-18-10-11-19-25(32(43)36(30(19)41)14-2-6-16(7-3-14)38(45)46)20(18)12-22-26(24)33(44)37(31(22)42)15-4-8-17(9-5-15)39(47)48/h2-10,13,19-20,22,24-26,40H,11-12H2,1H3/t19-,20+,22+,24+,25-,26+/m0/s1. The molecule has 0 bridgehead atoms. The fraction of sp³-hybridized carbons (Fsp3) is 0.273. The van der Waals surface area contributed by atoms with Crippen LogP contribution in [-0.4, -0.2) is 45.7 Å². The van der Waals surface area contributed by atoms with E-state index in [1.165, 1.54) is 55.6 Å². The summed E-state index contributed by atoms with van der Waals surface area (Å²) in [7, 11) is 1.37. The average molecular weight is 796 g/mol. The molecule has 16 heteroatoms. The lowest BCUT2D eigenvalue weighted by Crippen LogP contribution is -2.43. The Kier molecular flexibility index (Phi) is 7.89. The van der Waals surface area contributed by atoms with Crippen LogP contribution in [0.4, 0.5) is 22.7 Å². The Balaban J connectivity index is 1.35. The van der Waals surface area contributed by atoms with Crippen molar-refractivity contribution in [3.63, 3.8) is 0 Å². The molecule has 0 aromatic heterocycles. The van der Waals surface area contributed by atoms with E-state index in [9.17, 15) is 44.5 Å². The van der Waals surface area contributed by atoms with Gasteiger partial charge in [0.2, 0.25) is 23.6 Å². The third-order valence-electron chi connectivity index (χ3n) is 10.0. The van der Waals surface area contributed by atoms with Crippen LogP contribution < -0.4 is 14.5 Å². The van der Waals surface area contributed by atoms with Crippen LogP contribution in [0.2, 0.25) is 0 Å². The molecule has 6 atom stereocenters. The van der Waals surface area contributed by atoms with E-state index in [4.69, 9.17) is 4.74 Å². The summed E-state index contributed by atoms with van der Waals surface area (Å²) in [5.74, 6) is -7.16. The number of benzene rings is 3. The van der Waals surface area contributed by atoms with Gasteiger partial charge in [-0.25, -0.2) is 0 Å². The first kappa shape index (κ1) is 32.6. The van der Waals surface area contributed by atoms with Gasteiger partial charge >= 0.3 is 0 Å². The van der Waals surface area contributed by atoms with Gasteiger partial charge in [-0.05, 0) is 86.5 Å². The van der Waals surface area contributed by atoms with E-state index in [0.29, 0.717) is 15.6 Å². The zero-order chi connectivity index (χ0) is 35.0. The van der Waals surface area contributed by atoms with Crippen LogP contribution in [0.15, 0.2) is 75.2 Å². The molecule has 14 nitrogen and oxygen atoms in total. The molecule has 4 amide bonds. The van der Waals surface area contributed by atoms with E-state index in [1.54, 1.807) is 6.07 Å². The van der Waals surface area contributed by atoms with Gasteiger partial charge in [0, 0.05) is 34.7 Å². The van der Waals surface area contributed by atoms with Gasteiger partial charge in [-0.3, -0.25) is 49.2 Å². The molecule has 49 heavy (non-hydrogen) atoms. The summed E-state index contributed by atoms with van der Waals surface area (Å²) >= 11 is 6.95. The van der Waals surface area contributed by atoms with Crippen LogP contribution in [0, 0.1) is 49.8 Å². The number of carbonyl (C=O) groups excluding carboxylic acids is 4. The Morgan fingerprint density at radius 2 is 1.27 bits per heavy atom. The number of phenolic OH excluding ortho intramolecular Hbond substituents is 1. The predicted molar refractivity (Wildman–Crippen MR) is 179 cm³/mol. The van der Waals surface area contributed by atoms with Crippen molar-refractivity contribution < 1.29 is 38.9 Å². The largest absolute Gasteiger partial charge is 0.503 e. The van der Waals surface area contributed by atoms with E-state index in [-0.39, 0.29) is 51.6 Å². The van der Waals surface area contributed by atoms with Gasteiger partial charge in [0.15, 0.2) is 11.5 Å². The highest BCUT2D eigenvalue weighted by Gasteiger charge is 2.62. The molecule has 250 valence electrons. The number of allylic oxidation sites excluding steroid dienone is 2. The number of hydrogen-bond donors (Lipinski definition) is 1. The Bertz CT molecular complexity index is 2030. The molecule has 3 fully saturated rings. The second-order valence-corrected chi connectivity index (χ2v) is 13.8. The number of methoxy groups -OCH3 is 1. The molecule has 2 saturated heterocycles. The van der Waals surface area contributed by atoms with Crippen LogP contribution >= 0.6 is 31.9 Å². The molecule has 2 heterocycles. The SMILES string of the molecule is COc1cc([C@H]2C3=CC[C@@H]4C(=O)N(c5ccc([N+](=O)[O-])cc5)C(=O)[C@@H]4[C@@H]3C[C@H]3C(=O)N(c4ccc([N+](=O)[O-])cc4)C(=O)[C@@H]23)c(Br)c(Br)c1O. The minimum atomic E-state index is -0.961. The minimum Gasteiger partial charge on any atom is -0.503 e. The second-order valence-electron chi connectivity index (χ2n) is 12.2. The third kappa shape index (κ3) is 4.87. The minimum absolute atomic E-state index is 0.0728. The van der Waals surface area contributed by atoms with Crippen LogP contribution in [0.25, 0.3) is 0 Å². The number of nitro groups is 2. The molecular formula is C33H24Br2N4O10. The van der Waals surface area contributed by atoms with Crippen LogP contribution in [0.1, 0.15) is 24.3 Å². The molecule has 1 N–H and O–H groups in total. The van der Waals surface area contributed by atoms with Gasteiger partial charge in [-0.15, -0.1) is 0 Å². The molecule has 0 radical (unpaired) electrons. The number of phenols is 1. The van der Waals surface area contributed by atoms with Crippen molar-refractivity contribution in [2.75, 3.05) is 16.9 Å². The summed E-state index contributed by atoms with van der Waals surface area (Å²) in [6.45, 7) is 0. The summed E-state index contributed by atoms with van der Waals surface area (Å²) in [6, 6.07) is 11.8. The average Bonchev–Trinajstić information content (AvgIpc) is 3.50. The molecule has 0 spiro atoms. The van der Waals surface area contributed by atoms with Gasteiger partial charge in [0.25, 0.3) is 11.4 Å². The molecule has 4 aliphatic rings. The Hall–Kier alpha value is -4.96. The molecule has 3 aromatic carbocycles. The predicted octanol–water partition coefficient (Wildman–Crippen LogP) is 5.79. The number of non-ortho nitro benzene ring substituents is 2. The number of amides is 4. The number of ether oxygens (including phenoxy) is 1. The Morgan fingerprint density at radius 3 is 1.78 bits per heavy atom. The highest BCUT2D eigenvalue weighted by molar-refractivity contribution is 9.13. The van der Waals surface area contributed by atoms with E-state index in [1.807, 2.05) is 6.08 Å². The van der Waals surface area contributed by atoms with Crippen molar-refractivity contribution in [1.82, 2.24) is 0 Å². The van der Waals surface area contributed by atoms with Crippen molar-refractivity contribution in [3.05, 3.63) is 101 Å². The van der Waals surface area contributed by atoms with Crippen molar-refractivity contribution in [2.24, 2.45) is 29.6 Å². The lowest BCUT2D eigenvalue weighted by atomic mass is 9.57. The number of imide groups is 2. The first-order chi connectivity index (χ1) is 23.3. The van der Waals surface area contributed by atoms with Crippen molar-refractivity contribution >= 4 is 78.2 Å². The maximum Gasteiger partial charge on any atom is 0.269 e. The van der Waals surface area contributed by atoms with Gasteiger partial charge in [-0.2, -0.15) is 0 Å². The van der Waals surface area contributed by atoms with E-state index in [0.717, 1.165) is 9.80 Å². The van der Waals surface area contributed by atoms with E-state index < -0.39 is 69.0 Å². The number of nitro benzene ring substituents is 2. The number of fused-ring (bicyclic) bond motifs is 4. The number of nitrogens with zero attached hydrogens (tertiary/aromatic N) is 4. The highest BCUT2D eigenvalue weighted by Crippen LogP contribution is 2.60. The molecule has 3 aromatic rings. The monoisotopic (exact) mass is 794 g/mol. The summed E-state index contributed by atoms with van der Waals surface area (Å²) < 4.78 is 6.07. The molecular weight excluding hydrogens is 772 g/mol. The zero-order valence-electron chi connectivity index (χ0n) is 25.3. The first-order valence-electron chi connectivity index (χ1n) is 15.0. The number of hydrogen-bond acceptors (Lipinski definition) is 10. The summed E-state index contributed by atoms with van der Waals surface area (Å²) in [4.78, 5) is 79.9. The van der Waals surface area contributed by atoms with Gasteiger partial charge in [-0.1, -0.05) is 11.6 Å². The second kappa shape index (κ2) is 11.9. The normalized spacial score (nSPS) is 25.9. The van der Waals surface area contributed by atoms with Crippen LogP contribution in [0.3, 0.4) is 0 Å². The smallest absolute Gasteiger partial charge is 0.269 e. The maximum atomic E-state index is 14.4. The van der Waals surface area contributed by atoms with Gasteiger partial charge in [0.05, 0.1) is 56.5 Å². The van der Waals surface area contributed by atoms with Gasteiger partial charge in [0.1, 0.15) is 0 Å². The van der Waals surface area contributed by atoms with E-state index >= 15 is 0 Å². The number of aromatic hydroxyl groups is 1. The van der Waals surface area contributed by atoms with Gasteiger partial charge < -0.3 is 9.84 Å². The number of carbonyl (C=O) groups is 4. The molecule has 2 aliphatic carbocycles. The summed E-state index contributed by atoms with van der Waals surface area (Å²) in [6.07, 6.45) is 2.09. The van der Waals surface area contributed by atoms with Crippen molar-refractivity contribution in [1.29, 1.82) is 0 Å². The lowest BCUT2D eigenvalue weighted by Gasteiger charge is -2.44. The summed E-state index contributed by atoms with van der Waals surface area (Å²) in [5.41, 5.74) is 1.11. The van der Waals surface area contributed by atoms with Crippen molar-refractivity contribution in [3.8, 4) is 11.5 Å². The van der Waals surface area contributed by atoms with Crippen LogP contribution in [0.5, 0.6) is 11.5 Å². The highest BCUT2D eigenvalue weighted by atomic mass is 79.9. The fourth-order valence-electron chi connectivity index (χ4n) is 7.89. The molecule has 7 rings (SSSR count). The number of anilines is 2. The Labute approximate surface area is 293 Å². The molecule has 0 unspecified atom stereocenters. The quantitative estimate of drug-likeness (QED) is 0.138. The molecule has 1 saturated carbocycles. The zero-order valence-corrected chi connectivity index (χ0v) is 28.5. The Morgan fingerprint density at radius 1 is 0.755 bits per heavy atom. The number of halogens is 2. The van der Waals surface area contributed by atoms with E-state index in [2.05, 4.69) is 31.9 Å². The summed E-state index contributed by atoms with van der Waals surface area (Å²) in [5, 5.41) is 33.2. The third-order valence-corrected chi connectivity index (χ3v) is 12.2. The molecule has 2 aliphatic heterocycles. The number of rotatable bonds is 6. The van der Waals surface area contributed by atoms with Crippen LogP contribution in [-0.2, 0) is 19.2 Å². The maximum absolute atomic E-state index is 14.4. The van der Waals surface area contributed by atoms with Crippen molar-refractivity contribution in [2.45, 2.75) is 18.8 Å². The fourth-order valence-corrected chi connectivity index (χ4v) is 8.86. The topological polar surface area (TPSA) is 190 Å². The lowest BCUT2D eigenvalue weighted by molar-refractivity contribution is -0.385.